The van der Waals surface area contributed by atoms with Crippen LogP contribution in [0.3, 0.4) is 0 Å². The van der Waals surface area contributed by atoms with Crippen LogP contribution < -0.4 is 4.18 Å². The lowest BCUT2D eigenvalue weighted by Crippen LogP contribution is -2.00. The zero-order valence-electron chi connectivity index (χ0n) is 9.13. The van der Waals surface area contributed by atoms with Gasteiger partial charge in [0.25, 0.3) is 0 Å². The Bertz CT molecular complexity index is 578. The van der Waals surface area contributed by atoms with Crippen LogP contribution in [0.15, 0.2) is 49.1 Å². The summed E-state index contributed by atoms with van der Waals surface area (Å²) in [6.07, 6.45) is 2.34. The van der Waals surface area contributed by atoms with Crippen molar-refractivity contribution in [1.82, 2.24) is 0 Å². The number of hydrogen-bond acceptors (Lipinski definition) is 2. The van der Waals surface area contributed by atoms with Crippen molar-refractivity contribution >= 4 is 22.1 Å². The molecule has 0 saturated heterocycles. The summed E-state index contributed by atoms with van der Waals surface area (Å²) in [6.45, 7) is 3.69. The van der Waals surface area contributed by atoms with Gasteiger partial charge in [0.15, 0.2) is 0 Å². The standard InChI is InChI=1S/C13H12O3S/c1-2-5-12-11-7-4-3-6-10(11)8-9-13(12)16-17(14)15/h2-4,6-9H,1,5H2,(H,14,15). The Morgan fingerprint density at radius 3 is 2.76 bits per heavy atom. The minimum Gasteiger partial charge on any atom is -0.380 e. The Hall–Kier alpha value is -1.65. The summed E-state index contributed by atoms with van der Waals surface area (Å²) >= 11 is -2.31. The Labute approximate surface area is 102 Å². The smallest absolute Gasteiger partial charge is 0.357 e. The van der Waals surface area contributed by atoms with Crippen molar-refractivity contribution < 1.29 is 12.9 Å². The van der Waals surface area contributed by atoms with Gasteiger partial charge in [-0.05, 0) is 23.3 Å². The number of rotatable bonds is 4. The Morgan fingerprint density at radius 1 is 1.29 bits per heavy atom. The third kappa shape index (κ3) is 2.54. The van der Waals surface area contributed by atoms with Crippen LogP contribution in [0.25, 0.3) is 10.8 Å². The molecule has 1 atom stereocenters. The van der Waals surface area contributed by atoms with Crippen LogP contribution in [0.1, 0.15) is 5.56 Å². The first-order valence-electron chi connectivity index (χ1n) is 5.13. The Morgan fingerprint density at radius 2 is 2.06 bits per heavy atom. The van der Waals surface area contributed by atoms with E-state index >= 15 is 0 Å². The van der Waals surface area contributed by atoms with E-state index in [1.54, 1.807) is 12.1 Å². The maximum Gasteiger partial charge on any atom is 0.357 e. The minimum atomic E-state index is -2.31. The van der Waals surface area contributed by atoms with Crippen LogP contribution in [-0.4, -0.2) is 8.76 Å². The van der Waals surface area contributed by atoms with Gasteiger partial charge in [-0.3, -0.25) is 4.55 Å². The van der Waals surface area contributed by atoms with Gasteiger partial charge >= 0.3 is 11.4 Å². The average molecular weight is 248 g/mol. The second kappa shape index (κ2) is 5.12. The van der Waals surface area contributed by atoms with E-state index in [2.05, 4.69) is 6.58 Å². The first-order chi connectivity index (χ1) is 8.22. The molecule has 1 unspecified atom stereocenters. The molecule has 17 heavy (non-hydrogen) atoms. The van der Waals surface area contributed by atoms with Crippen molar-refractivity contribution in [3.05, 3.63) is 54.6 Å². The molecule has 0 fully saturated rings. The molecule has 1 N–H and O–H groups in total. The average Bonchev–Trinajstić information content (AvgIpc) is 2.32. The van der Waals surface area contributed by atoms with Crippen molar-refractivity contribution in [1.29, 1.82) is 0 Å². The molecule has 0 saturated carbocycles. The maximum absolute atomic E-state index is 10.7. The third-order valence-electron chi connectivity index (χ3n) is 2.51. The van der Waals surface area contributed by atoms with E-state index in [0.29, 0.717) is 12.2 Å². The molecule has 0 bridgehead atoms. The Balaban J connectivity index is 2.63. The molecule has 0 spiro atoms. The Kier molecular flexibility index (Phi) is 3.56. The van der Waals surface area contributed by atoms with Crippen LogP contribution in [0.2, 0.25) is 0 Å². The van der Waals surface area contributed by atoms with E-state index < -0.39 is 11.4 Å². The molecule has 3 nitrogen and oxygen atoms in total. The van der Waals surface area contributed by atoms with Crippen molar-refractivity contribution in [2.75, 3.05) is 0 Å². The predicted molar refractivity (Wildman–Crippen MR) is 69.2 cm³/mol. The van der Waals surface area contributed by atoms with E-state index in [1.807, 2.05) is 30.3 Å². The number of benzene rings is 2. The van der Waals surface area contributed by atoms with Crippen LogP contribution in [-0.2, 0) is 17.8 Å². The molecule has 2 aromatic rings. The minimum absolute atomic E-state index is 0.421. The number of hydrogen-bond donors (Lipinski definition) is 1. The summed E-state index contributed by atoms with van der Waals surface area (Å²) in [5.41, 5.74) is 0.875. The zero-order chi connectivity index (χ0) is 12.3. The molecule has 2 aromatic carbocycles. The lowest BCUT2D eigenvalue weighted by molar-refractivity contribution is 0.456. The summed E-state index contributed by atoms with van der Waals surface area (Å²) in [5, 5.41) is 2.08. The van der Waals surface area contributed by atoms with Gasteiger partial charge < -0.3 is 4.18 Å². The van der Waals surface area contributed by atoms with E-state index in [1.165, 1.54) is 0 Å². The zero-order valence-corrected chi connectivity index (χ0v) is 9.94. The van der Waals surface area contributed by atoms with E-state index in [0.717, 1.165) is 16.3 Å². The highest BCUT2D eigenvalue weighted by atomic mass is 32.2. The molecule has 4 heteroatoms. The fourth-order valence-electron chi connectivity index (χ4n) is 1.83. The van der Waals surface area contributed by atoms with E-state index in [-0.39, 0.29) is 0 Å². The molecule has 0 aliphatic carbocycles. The summed E-state index contributed by atoms with van der Waals surface area (Å²) in [4.78, 5) is 0. The highest BCUT2D eigenvalue weighted by Gasteiger charge is 2.09. The van der Waals surface area contributed by atoms with Gasteiger partial charge in [0.1, 0.15) is 5.75 Å². The highest BCUT2D eigenvalue weighted by molar-refractivity contribution is 7.74. The lowest BCUT2D eigenvalue weighted by Gasteiger charge is -2.10. The molecule has 0 aromatic heterocycles. The molecule has 0 amide bonds. The van der Waals surface area contributed by atoms with Crippen LogP contribution in [0.4, 0.5) is 0 Å². The first-order valence-corrected chi connectivity index (χ1v) is 6.16. The normalized spacial score (nSPS) is 12.3. The maximum atomic E-state index is 10.7. The van der Waals surface area contributed by atoms with E-state index in [4.69, 9.17) is 8.74 Å². The van der Waals surface area contributed by atoms with E-state index in [9.17, 15) is 4.21 Å². The molecule has 0 heterocycles. The largest absolute Gasteiger partial charge is 0.380 e. The summed E-state index contributed by atoms with van der Waals surface area (Å²) in [6, 6.07) is 11.4. The molecule has 0 radical (unpaired) electrons. The first kappa shape index (κ1) is 11.8. The molecule has 88 valence electrons. The summed E-state index contributed by atoms with van der Waals surface area (Å²) in [5.74, 6) is 0.421. The molecular weight excluding hydrogens is 236 g/mol. The number of fused-ring (bicyclic) bond motifs is 1. The van der Waals surface area contributed by atoms with Gasteiger partial charge in [-0.25, -0.2) is 0 Å². The third-order valence-corrected chi connectivity index (χ3v) is 2.83. The molecular formula is C13H12O3S. The fraction of sp³-hybridized carbons (Fsp3) is 0.0769. The number of allylic oxidation sites excluding steroid dienone is 1. The summed E-state index contributed by atoms with van der Waals surface area (Å²) < 4.78 is 24.4. The van der Waals surface area contributed by atoms with Crippen LogP contribution >= 0.6 is 0 Å². The summed E-state index contributed by atoms with van der Waals surface area (Å²) in [7, 11) is 0. The van der Waals surface area contributed by atoms with Gasteiger partial charge in [0, 0.05) is 5.56 Å². The van der Waals surface area contributed by atoms with Crippen molar-refractivity contribution in [3.8, 4) is 5.75 Å². The van der Waals surface area contributed by atoms with Gasteiger partial charge in [-0.1, -0.05) is 36.4 Å². The van der Waals surface area contributed by atoms with Crippen molar-refractivity contribution in [2.24, 2.45) is 0 Å². The lowest BCUT2D eigenvalue weighted by atomic mass is 10.0. The van der Waals surface area contributed by atoms with Gasteiger partial charge in [-0.15, -0.1) is 6.58 Å². The predicted octanol–water partition coefficient (Wildman–Crippen LogP) is 3.08. The quantitative estimate of drug-likeness (QED) is 0.668. The fourth-order valence-corrected chi connectivity index (χ4v) is 2.14. The molecule has 0 aliphatic heterocycles. The van der Waals surface area contributed by atoms with Crippen LogP contribution in [0, 0.1) is 0 Å². The van der Waals surface area contributed by atoms with Crippen molar-refractivity contribution in [3.63, 3.8) is 0 Å². The molecule has 2 rings (SSSR count). The van der Waals surface area contributed by atoms with Gasteiger partial charge in [0.05, 0.1) is 0 Å². The van der Waals surface area contributed by atoms with Gasteiger partial charge in [-0.2, -0.15) is 4.21 Å². The molecule has 0 aliphatic rings. The van der Waals surface area contributed by atoms with Crippen molar-refractivity contribution in [2.45, 2.75) is 6.42 Å². The second-order valence-corrected chi connectivity index (χ2v) is 4.16. The topological polar surface area (TPSA) is 46.5 Å². The SMILES string of the molecule is C=CCc1c(OS(=O)O)ccc2ccccc12. The van der Waals surface area contributed by atoms with Crippen LogP contribution in [0.5, 0.6) is 5.75 Å². The highest BCUT2D eigenvalue weighted by Crippen LogP contribution is 2.29. The van der Waals surface area contributed by atoms with Gasteiger partial charge in [0.2, 0.25) is 0 Å². The second-order valence-electron chi connectivity index (χ2n) is 3.56. The monoisotopic (exact) mass is 248 g/mol.